The number of hydrogen-bond donors (Lipinski definition) is 1. The van der Waals surface area contributed by atoms with Crippen molar-refractivity contribution in [2.24, 2.45) is 0 Å². The molecule has 0 aromatic carbocycles. The lowest BCUT2D eigenvalue weighted by Crippen LogP contribution is -2.20. The van der Waals surface area contributed by atoms with E-state index in [2.05, 4.69) is 15.4 Å². The van der Waals surface area contributed by atoms with Crippen molar-refractivity contribution in [1.82, 2.24) is 14.8 Å². The number of rotatable bonds is 6. The maximum Gasteiger partial charge on any atom is 0.307 e. The van der Waals surface area contributed by atoms with E-state index in [1.807, 2.05) is 13.8 Å². The molecule has 9 nitrogen and oxygen atoms in total. The molecule has 10 heteroatoms. The first kappa shape index (κ1) is 16.7. The van der Waals surface area contributed by atoms with E-state index in [9.17, 15) is 14.9 Å². The summed E-state index contributed by atoms with van der Waals surface area (Å²) in [5.41, 5.74) is 0.129. The van der Waals surface area contributed by atoms with Crippen molar-refractivity contribution in [2.75, 3.05) is 5.32 Å². The molecule has 1 amide bonds. The van der Waals surface area contributed by atoms with Crippen LogP contribution in [0.1, 0.15) is 13.8 Å². The van der Waals surface area contributed by atoms with E-state index in [1.54, 1.807) is 0 Å². The Morgan fingerprint density at radius 2 is 2.26 bits per heavy atom. The Balaban J connectivity index is 2.09. The third kappa shape index (κ3) is 4.65. The molecule has 2 aromatic rings. The van der Waals surface area contributed by atoms with E-state index in [1.165, 1.54) is 18.5 Å². The van der Waals surface area contributed by atoms with Crippen LogP contribution < -0.4 is 10.1 Å². The molecule has 1 N–H and O–H groups in total. The Morgan fingerprint density at radius 1 is 1.52 bits per heavy atom. The van der Waals surface area contributed by atoms with Crippen LogP contribution in [-0.4, -0.2) is 31.7 Å². The summed E-state index contributed by atoms with van der Waals surface area (Å²) in [5.74, 6) is -0.204. The normalized spacial score (nSPS) is 10.6. The molecule has 0 aliphatic heterocycles. The van der Waals surface area contributed by atoms with E-state index in [0.717, 1.165) is 10.9 Å². The molecule has 122 valence electrons. The highest BCUT2D eigenvalue weighted by molar-refractivity contribution is 6.30. The van der Waals surface area contributed by atoms with E-state index >= 15 is 0 Å². The first-order chi connectivity index (χ1) is 10.8. The van der Waals surface area contributed by atoms with Gasteiger partial charge in [0.25, 0.3) is 0 Å². The van der Waals surface area contributed by atoms with E-state index < -0.39 is 10.8 Å². The lowest BCUT2D eigenvalue weighted by molar-refractivity contribution is -0.385. The summed E-state index contributed by atoms with van der Waals surface area (Å²) >= 11 is 5.87. The smallest absolute Gasteiger partial charge is 0.307 e. The number of aromatic nitrogens is 3. The summed E-state index contributed by atoms with van der Waals surface area (Å²) in [6.07, 6.45) is 3.52. The number of nitrogens with one attached hydrogen (secondary N) is 1. The number of carbonyl (C=O) groups is 1. The third-order valence-electron chi connectivity index (χ3n) is 2.58. The largest absolute Gasteiger partial charge is 0.473 e. The zero-order valence-electron chi connectivity index (χ0n) is 12.4. The molecular formula is C13H14ClN5O4. The lowest BCUT2D eigenvalue weighted by Gasteiger charge is -2.14. The van der Waals surface area contributed by atoms with Gasteiger partial charge in [-0.05, 0) is 19.9 Å². The molecular weight excluding hydrogens is 326 g/mol. The zero-order chi connectivity index (χ0) is 17.0. The van der Waals surface area contributed by atoms with Crippen LogP contribution in [0.3, 0.4) is 0 Å². The molecule has 0 unspecified atom stereocenters. The Bertz CT molecular complexity index is 731. The number of nitro groups is 1. The molecule has 0 atom stereocenters. The predicted molar refractivity (Wildman–Crippen MR) is 82.5 cm³/mol. The van der Waals surface area contributed by atoms with Crippen molar-refractivity contribution in [3.63, 3.8) is 0 Å². The fourth-order valence-electron chi connectivity index (χ4n) is 1.70. The third-order valence-corrected chi connectivity index (χ3v) is 2.78. The fourth-order valence-corrected chi connectivity index (χ4v) is 1.86. The second kappa shape index (κ2) is 7.05. The van der Waals surface area contributed by atoms with Gasteiger partial charge in [-0.2, -0.15) is 5.10 Å². The van der Waals surface area contributed by atoms with Crippen LogP contribution in [0.25, 0.3) is 0 Å². The average molecular weight is 340 g/mol. The number of amides is 1. The van der Waals surface area contributed by atoms with Crippen molar-refractivity contribution >= 4 is 28.9 Å². The summed E-state index contributed by atoms with van der Waals surface area (Å²) < 4.78 is 6.65. The van der Waals surface area contributed by atoms with Gasteiger partial charge in [-0.25, -0.2) is 4.98 Å². The number of halogens is 1. The van der Waals surface area contributed by atoms with E-state index in [4.69, 9.17) is 16.3 Å². The van der Waals surface area contributed by atoms with Gasteiger partial charge in [0.05, 0.1) is 16.0 Å². The number of pyridine rings is 1. The van der Waals surface area contributed by atoms with Gasteiger partial charge in [0.1, 0.15) is 24.6 Å². The molecule has 0 radical (unpaired) electrons. The summed E-state index contributed by atoms with van der Waals surface area (Å²) in [7, 11) is 0. The molecule has 23 heavy (non-hydrogen) atoms. The van der Waals surface area contributed by atoms with Gasteiger partial charge in [0, 0.05) is 6.20 Å². The first-order valence-electron chi connectivity index (χ1n) is 6.64. The molecule has 0 aliphatic carbocycles. The molecule has 2 heterocycles. The Kier molecular flexibility index (Phi) is 5.12. The summed E-state index contributed by atoms with van der Waals surface area (Å²) in [6, 6.07) is 1.51. The number of nitrogens with zero attached hydrogens (tertiary/aromatic N) is 4. The monoisotopic (exact) mass is 339 g/mol. The quantitative estimate of drug-likeness (QED) is 0.638. The topological polar surface area (TPSA) is 112 Å². The van der Waals surface area contributed by atoms with Crippen molar-refractivity contribution in [2.45, 2.75) is 26.5 Å². The molecule has 0 bridgehead atoms. The average Bonchev–Trinajstić information content (AvgIpc) is 2.90. The zero-order valence-corrected chi connectivity index (χ0v) is 13.1. The van der Waals surface area contributed by atoms with Gasteiger partial charge in [-0.15, -0.1) is 0 Å². The van der Waals surface area contributed by atoms with Gasteiger partial charge in [-0.3, -0.25) is 19.6 Å². The number of ether oxygens (including phenoxy) is 1. The van der Waals surface area contributed by atoms with Gasteiger partial charge < -0.3 is 10.1 Å². The van der Waals surface area contributed by atoms with Crippen LogP contribution in [0.4, 0.5) is 11.4 Å². The van der Waals surface area contributed by atoms with Gasteiger partial charge in [0.15, 0.2) is 0 Å². The SMILES string of the molecule is CC(C)Oc1ncc(Cl)cc1NC(=O)Cn1cc([N+](=O)[O-])cn1. The molecule has 0 saturated heterocycles. The van der Waals surface area contributed by atoms with E-state index in [0.29, 0.717) is 10.7 Å². The van der Waals surface area contributed by atoms with Crippen LogP contribution in [0.2, 0.25) is 5.02 Å². The number of carbonyl (C=O) groups excluding carboxylic acids is 1. The van der Waals surface area contributed by atoms with Gasteiger partial charge in [-0.1, -0.05) is 11.6 Å². The summed E-state index contributed by atoms with van der Waals surface area (Å²) in [4.78, 5) is 26.1. The standard InChI is InChI=1S/C13H14ClN5O4/c1-8(2)23-13-11(3-9(14)4-15-13)17-12(20)7-18-6-10(5-16-18)19(21)22/h3-6,8H,7H2,1-2H3,(H,17,20). The lowest BCUT2D eigenvalue weighted by atomic mass is 10.3. The van der Waals surface area contributed by atoms with Crippen molar-refractivity contribution in [3.8, 4) is 5.88 Å². The maximum atomic E-state index is 12.0. The van der Waals surface area contributed by atoms with Crippen LogP contribution in [0.15, 0.2) is 24.7 Å². The van der Waals surface area contributed by atoms with Crippen molar-refractivity contribution in [1.29, 1.82) is 0 Å². The number of hydrogen-bond acceptors (Lipinski definition) is 6. The van der Waals surface area contributed by atoms with Gasteiger partial charge >= 0.3 is 5.69 Å². The highest BCUT2D eigenvalue weighted by atomic mass is 35.5. The molecule has 0 fully saturated rings. The van der Waals surface area contributed by atoms with Crippen molar-refractivity contribution in [3.05, 3.63) is 39.8 Å². The minimum atomic E-state index is -0.586. The predicted octanol–water partition coefficient (Wildman–Crippen LogP) is 2.27. The maximum absolute atomic E-state index is 12.0. The Morgan fingerprint density at radius 3 is 2.87 bits per heavy atom. The molecule has 0 saturated carbocycles. The minimum Gasteiger partial charge on any atom is -0.473 e. The van der Waals surface area contributed by atoms with Crippen LogP contribution in [0.5, 0.6) is 5.88 Å². The van der Waals surface area contributed by atoms with E-state index in [-0.39, 0.29) is 24.2 Å². The molecule has 2 rings (SSSR count). The first-order valence-corrected chi connectivity index (χ1v) is 7.02. The summed E-state index contributed by atoms with van der Waals surface area (Å²) in [6.45, 7) is 3.46. The second-order valence-electron chi connectivity index (χ2n) is 4.87. The minimum absolute atomic E-state index is 0.131. The van der Waals surface area contributed by atoms with Crippen molar-refractivity contribution < 1.29 is 14.5 Å². The fraction of sp³-hybridized carbons (Fsp3) is 0.308. The Hall–Kier alpha value is -2.68. The Labute approximate surface area is 136 Å². The summed E-state index contributed by atoms with van der Waals surface area (Å²) in [5, 5.41) is 17.3. The molecule has 0 spiro atoms. The highest BCUT2D eigenvalue weighted by Crippen LogP contribution is 2.26. The van der Waals surface area contributed by atoms with Crippen LogP contribution in [0, 0.1) is 10.1 Å². The van der Waals surface area contributed by atoms with Gasteiger partial charge in [0.2, 0.25) is 11.8 Å². The van der Waals surface area contributed by atoms with Crippen LogP contribution in [-0.2, 0) is 11.3 Å². The second-order valence-corrected chi connectivity index (χ2v) is 5.31. The molecule has 0 aliphatic rings. The number of anilines is 1. The molecule has 2 aromatic heterocycles. The highest BCUT2D eigenvalue weighted by Gasteiger charge is 2.14. The van der Waals surface area contributed by atoms with Crippen LogP contribution >= 0.6 is 11.6 Å².